The third-order valence-electron chi connectivity index (χ3n) is 7.08. The van der Waals surface area contributed by atoms with Crippen LogP contribution in [0.3, 0.4) is 0 Å². The van der Waals surface area contributed by atoms with Crippen LogP contribution in [0.25, 0.3) is 0 Å². The first kappa shape index (κ1) is 30.0. The lowest BCUT2D eigenvalue weighted by Crippen LogP contribution is -2.49. The third kappa shape index (κ3) is 7.22. The summed E-state index contributed by atoms with van der Waals surface area (Å²) in [7, 11) is 1.78. The van der Waals surface area contributed by atoms with Crippen molar-refractivity contribution in [1.29, 1.82) is 0 Å². The molecule has 2 aromatic carbocycles. The van der Waals surface area contributed by atoms with Crippen LogP contribution in [0.5, 0.6) is 5.75 Å². The van der Waals surface area contributed by atoms with E-state index in [4.69, 9.17) is 4.74 Å². The molecule has 0 radical (unpaired) electrons. The number of hydrogen-bond acceptors (Lipinski definition) is 6. The Balaban J connectivity index is 1.65. The summed E-state index contributed by atoms with van der Waals surface area (Å²) < 4.78 is 46.2. The molecule has 0 unspecified atom stereocenters. The van der Waals surface area contributed by atoms with Crippen LogP contribution in [-0.2, 0) is 12.7 Å². The van der Waals surface area contributed by atoms with Crippen molar-refractivity contribution in [2.45, 2.75) is 38.7 Å². The molecule has 0 aliphatic carbocycles. The molecule has 0 saturated heterocycles. The Morgan fingerprint density at radius 2 is 1.90 bits per heavy atom. The molecule has 0 saturated carbocycles. The number of amides is 2. The number of hydrogen-bond donors (Lipinski definition) is 2. The fourth-order valence-corrected chi connectivity index (χ4v) is 4.79. The Hall–Kier alpha value is -3.96. The predicted molar refractivity (Wildman–Crippen MR) is 148 cm³/mol. The van der Waals surface area contributed by atoms with E-state index in [1.165, 1.54) is 18.5 Å². The number of nitrogens with zero attached hydrogens (tertiary/aromatic N) is 3. The molecule has 3 aromatic rings. The number of aliphatic hydroxyl groups excluding tert-OH is 1. The summed E-state index contributed by atoms with van der Waals surface area (Å²) in [5.41, 5.74) is 0.687. The van der Waals surface area contributed by atoms with E-state index in [-0.39, 0.29) is 42.8 Å². The summed E-state index contributed by atoms with van der Waals surface area (Å²) in [6.07, 6.45) is -1.95. The summed E-state index contributed by atoms with van der Waals surface area (Å²) >= 11 is 0. The van der Waals surface area contributed by atoms with Gasteiger partial charge in [-0.3, -0.25) is 19.5 Å². The number of halogens is 3. The van der Waals surface area contributed by atoms with Crippen LogP contribution in [0.4, 0.5) is 18.9 Å². The maximum Gasteiger partial charge on any atom is 0.416 e. The molecule has 1 aliphatic heterocycles. The van der Waals surface area contributed by atoms with Gasteiger partial charge < -0.3 is 20.1 Å². The molecule has 2 N–H and O–H groups in total. The van der Waals surface area contributed by atoms with Gasteiger partial charge in [-0.05, 0) is 49.9 Å². The Morgan fingerprint density at radius 1 is 1.20 bits per heavy atom. The SMILES string of the molecule is C[C@H]1CN([C@@H](C)CO)C(=O)c2cccc(NC(=O)c3ccncc3)c2O[C@@H]1CN(C)Cc1cccc(C(F)(F)F)c1. The standard InChI is InChI=1S/C30H33F3N4O4/c1-19-15-37(20(2)18-38)29(40)24-8-5-9-25(35-28(39)22-10-12-34-13-11-22)27(24)41-26(19)17-36(3)16-21-6-4-7-23(14-21)30(31,32)33/h4-14,19-20,26,38H,15-18H2,1-3H3,(H,35,39)/t19-,20-,26+/m0/s1. The number of pyridine rings is 1. The molecular weight excluding hydrogens is 537 g/mol. The van der Waals surface area contributed by atoms with Crippen LogP contribution in [0.1, 0.15) is 45.7 Å². The van der Waals surface area contributed by atoms with Crippen molar-refractivity contribution < 1.29 is 32.6 Å². The average molecular weight is 571 g/mol. The molecule has 1 aromatic heterocycles. The normalized spacial score (nSPS) is 18.2. The van der Waals surface area contributed by atoms with E-state index in [1.54, 1.807) is 55.3 Å². The molecule has 0 bridgehead atoms. The number of benzene rings is 2. The lowest BCUT2D eigenvalue weighted by atomic mass is 9.98. The second kappa shape index (κ2) is 12.7. The molecule has 2 amide bonds. The molecule has 0 spiro atoms. The van der Waals surface area contributed by atoms with Crippen molar-refractivity contribution in [3.63, 3.8) is 0 Å². The Labute approximate surface area is 236 Å². The maximum absolute atomic E-state index is 13.6. The van der Waals surface area contributed by atoms with Crippen molar-refractivity contribution in [2.75, 3.05) is 32.1 Å². The Bertz CT molecular complexity index is 1370. The van der Waals surface area contributed by atoms with Gasteiger partial charge in [-0.25, -0.2) is 0 Å². The topological polar surface area (TPSA) is 95.0 Å². The lowest BCUT2D eigenvalue weighted by molar-refractivity contribution is -0.137. The van der Waals surface area contributed by atoms with Gasteiger partial charge in [0.2, 0.25) is 0 Å². The molecule has 3 atom stereocenters. The minimum Gasteiger partial charge on any atom is -0.486 e. The minimum absolute atomic E-state index is 0.194. The fraction of sp³-hybridized carbons (Fsp3) is 0.367. The number of aromatic nitrogens is 1. The number of alkyl halides is 3. The van der Waals surface area contributed by atoms with Crippen molar-refractivity contribution >= 4 is 17.5 Å². The van der Waals surface area contributed by atoms with Gasteiger partial charge in [0.1, 0.15) is 6.10 Å². The highest BCUT2D eigenvalue weighted by Gasteiger charge is 2.35. The molecule has 218 valence electrons. The number of carbonyl (C=O) groups excluding carboxylic acids is 2. The van der Waals surface area contributed by atoms with Gasteiger partial charge in [0.25, 0.3) is 11.8 Å². The molecule has 4 rings (SSSR count). The van der Waals surface area contributed by atoms with Crippen LogP contribution in [-0.4, -0.2) is 70.6 Å². The second-order valence-electron chi connectivity index (χ2n) is 10.4. The third-order valence-corrected chi connectivity index (χ3v) is 7.08. The maximum atomic E-state index is 13.6. The van der Waals surface area contributed by atoms with E-state index < -0.39 is 29.8 Å². The van der Waals surface area contributed by atoms with Gasteiger partial charge in [0.05, 0.1) is 29.5 Å². The van der Waals surface area contributed by atoms with E-state index in [1.807, 2.05) is 11.8 Å². The smallest absolute Gasteiger partial charge is 0.416 e. The number of ether oxygens (including phenoxy) is 1. The van der Waals surface area contributed by atoms with Gasteiger partial charge in [-0.2, -0.15) is 13.2 Å². The zero-order chi connectivity index (χ0) is 29.7. The van der Waals surface area contributed by atoms with Gasteiger partial charge in [-0.1, -0.05) is 31.2 Å². The molecule has 8 nitrogen and oxygen atoms in total. The lowest BCUT2D eigenvalue weighted by Gasteiger charge is -2.38. The van der Waals surface area contributed by atoms with Crippen molar-refractivity contribution in [2.24, 2.45) is 5.92 Å². The highest BCUT2D eigenvalue weighted by molar-refractivity contribution is 6.07. The second-order valence-corrected chi connectivity index (χ2v) is 10.4. The first-order valence-electron chi connectivity index (χ1n) is 13.3. The first-order chi connectivity index (χ1) is 19.5. The zero-order valence-electron chi connectivity index (χ0n) is 23.1. The number of fused-ring (bicyclic) bond motifs is 1. The monoisotopic (exact) mass is 570 g/mol. The fourth-order valence-electron chi connectivity index (χ4n) is 4.79. The average Bonchev–Trinajstić information content (AvgIpc) is 2.95. The van der Waals surface area contributed by atoms with Crippen molar-refractivity contribution in [1.82, 2.24) is 14.8 Å². The van der Waals surface area contributed by atoms with Gasteiger partial charge in [0, 0.05) is 43.5 Å². The van der Waals surface area contributed by atoms with E-state index >= 15 is 0 Å². The molecule has 11 heteroatoms. The van der Waals surface area contributed by atoms with Crippen LogP contribution in [0.2, 0.25) is 0 Å². The number of aliphatic hydroxyl groups is 1. The highest BCUT2D eigenvalue weighted by atomic mass is 19.4. The summed E-state index contributed by atoms with van der Waals surface area (Å²) in [5, 5.41) is 12.7. The number of likely N-dealkylation sites (N-methyl/N-ethyl adjacent to an activating group) is 1. The number of anilines is 1. The van der Waals surface area contributed by atoms with Gasteiger partial charge in [-0.15, -0.1) is 0 Å². The first-order valence-corrected chi connectivity index (χ1v) is 13.3. The summed E-state index contributed by atoms with van der Waals surface area (Å²) in [5.74, 6) is -0.789. The van der Waals surface area contributed by atoms with Crippen LogP contribution >= 0.6 is 0 Å². The molecular formula is C30H33F3N4O4. The van der Waals surface area contributed by atoms with Crippen LogP contribution < -0.4 is 10.1 Å². The van der Waals surface area contributed by atoms with Gasteiger partial charge in [0.15, 0.2) is 5.75 Å². The van der Waals surface area contributed by atoms with Crippen molar-refractivity contribution in [3.05, 3.63) is 89.2 Å². The minimum atomic E-state index is -4.44. The van der Waals surface area contributed by atoms with E-state index in [0.29, 0.717) is 23.4 Å². The van der Waals surface area contributed by atoms with Crippen molar-refractivity contribution in [3.8, 4) is 5.75 Å². The number of nitrogens with one attached hydrogen (secondary N) is 1. The van der Waals surface area contributed by atoms with E-state index in [9.17, 15) is 27.9 Å². The van der Waals surface area contributed by atoms with Gasteiger partial charge >= 0.3 is 6.18 Å². The largest absolute Gasteiger partial charge is 0.486 e. The Kier molecular flexibility index (Phi) is 9.29. The molecule has 2 heterocycles. The zero-order valence-corrected chi connectivity index (χ0v) is 23.1. The highest BCUT2D eigenvalue weighted by Crippen LogP contribution is 2.35. The summed E-state index contributed by atoms with van der Waals surface area (Å²) in [6.45, 7) is 4.26. The van der Waals surface area contributed by atoms with E-state index in [0.717, 1.165) is 12.1 Å². The quantitative estimate of drug-likeness (QED) is 0.408. The molecule has 0 fully saturated rings. The van der Waals surface area contributed by atoms with E-state index in [2.05, 4.69) is 10.3 Å². The Morgan fingerprint density at radius 3 is 2.59 bits per heavy atom. The predicted octanol–water partition coefficient (Wildman–Crippen LogP) is 4.70. The molecule has 41 heavy (non-hydrogen) atoms. The van der Waals surface area contributed by atoms with Crippen LogP contribution in [0.15, 0.2) is 67.0 Å². The summed E-state index contributed by atoms with van der Waals surface area (Å²) in [4.78, 5) is 34.0. The number of para-hydroxylation sites is 1. The number of carbonyl (C=O) groups is 2. The summed E-state index contributed by atoms with van der Waals surface area (Å²) in [6, 6.07) is 12.7. The van der Waals surface area contributed by atoms with Crippen LogP contribution in [0, 0.1) is 5.92 Å². The number of rotatable bonds is 8. The molecule has 1 aliphatic rings.